The van der Waals surface area contributed by atoms with E-state index in [2.05, 4.69) is 0 Å². The van der Waals surface area contributed by atoms with Crippen LogP contribution in [0.3, 0.4) is 0 Å². The monoisotopic (exact) mass is 219 g/mol. The maximum atomic E-state index is 10.6. The molecule has 1 atom stereocenters. The van der Waals surface area contributed by atoms with Gasteiger partial charge in [0.15, 0.2) is 0 Å². The molecule has 0 aliphatic rings. The second-order valence-corrected chi connectivity index (χ2v) is 3.83. The summed E-state index contributed by atoms with van der Waals surface area (Å²) in [6.07, 6.45) is 0.654. The van der Waals surface area contributed by atoms with E-state index in [-0.39, 0.29) is 6.42 Å². The molecule has 2 rings (SSSR count). The van der Waals surface area contributed by atoms with Crippen molar-refractivity contribution in [3.8, 4) is 0 Å². The fourth-order valence-corrected chi connectivity index (χ4v) is 1.93. The van der Waals surface area contributed by atoms with Gasteiger partial charge in [-0.25, -0.2) is 0 Å². The van der Waals surface area contributed by atoms with Gasteiger partial charge >= 0.3 is 5.97 Å². The van der Waals surface area contributed by atoms with Gasteiger partial charge in [-0.15, -0.1) is 0 Å². The van der Waals surface area contributed by atoms with Crippen molar-refractivity contribution in [2.75, 3.05) is 0 Å². The number of hydrogen-bond donors (Lipinski definition) is 2. The first kappa shape index (κ1) is 10.7. The molecule has 16 heavy (non-hydrogen) atoms. The molecule has 4 heteroatoms. The second-order valence-electron chi connectivity index (χ2n) is 3.83. The van der Waals surface area contributed by atoms with Crippen molar-refractivity contribution >= 4 is 16.9 Å². The molecule has 0 aliphatic carbocycles. The third kappa shape index (κ3) is 1.79. The van der Waals surface area contributed by atoms with Crippen molar-refractivity contribution in [2.24, 2.45) is 7.05 Å². The standard InChI is InChI=1S/C12H13NO3/c1-13-6-5-8-3-2-4-9(12(8)13)10(14)7-11(15)16/h2-6,10,14H,7H2,1H3,(H,15,16)/t10-/m1/s1. The third-order valence-corrected chi connectivity index (χ3v) is 2.66. The number of nitrogens with zero attached hydrogens (tertiary/aromatic N) is 1. The minimum absolute atomic E-state index is 0.274. The first-order chi connectivity index (χ1) is 7.59. The molecule has 1 aromatic heterocycles. The predicted molar refractivity (Wildman–Crippen MR) is 60.1 cm³/mol. The molecule has 0 radical (unpaired) electrons. The van der Waals surface area contributed by atoms with Gasteiger partial charge in [-0.2, -0.15) is 0 Å². The van der Waals surface area contributed by atoms with Crippen LogP contribution in [0.25, 0.3) is 10.9 Å². The zero-order valence-corrected chi connectivity index (χ0v) is 8.92. The van der Waals surface area contributed by atoms with E-state index in [0.717, 1.165) is 10.9 Å². The van der Waals surface area contributed by atoms with Crippen LogP contribution in [0.5, 0.6) is 0 Å². The van der Waals surface area contributed by atoms with Gasteiger partial charge in [0, 0.05) is 18.8 Å². The highest BCUT2D eigenvalue weighted by Crippen LogP contribution is 2.26. The number of carboxylic acids is 1. The molecule has 0 spiro atoms. The Kier molecular flexibility index (Phi) is 2.66. The summed E-state index contributed by atoms with van der Waals surface area (Å²) in [5, 5.41) is 19.5. The lowest BCUT2D eigenvalue weighted by atomic mass is 10.0. The molecular weight excluding hydrogens is 206 g/mol. The molecular formula is C12H13NO3. The largest absolute Gasteiger partial charge is 0.481 e. The van der Waals surface area contributed by atoms with Crippen LogP contribution in [0, 0.1) is 0 Å². The summed E-state index contributed by atoms with van der Waals surface area (Å²) in [5.74, 6) is -1.00. The Hall–Kier alpha value is -1.81. The summed E-state index contributed by atoms with van der Waals surface area (Å²) >= 11 is 0. The van der Waals surface area contributed by atoms with Crippen molar-refractivity contribution in [2.45, 2.75) is 12.5 Å². The maximum Gasteiger partial charge on any atom is 0.306 e. The van der Waals surface area contributed by atoms with Crippen LogP contribution < -0.4 is 0 Å². The van der Waals surface area contributed by atoms with Crippen LogP contribution in [-0.4, -0.2) is 20.7 Å². The van der Waals surface area contributed by atoms with E-state index in [9.17, 15) is 9.90 Å². The Morgan fingerprint density at radius 1 is 1.44 bits per heavy atom. The Balaban J connectivity index is 2.50. The van der Waals surface area contributed by atoms with Crippen molar-refractivity contribution in [1.82, 2.24) is 4.57 Å². The number of carboxylic acid groups (broad SMARTS) is 1. The zero-order chi connectivity index (χ0) is 11.7. The number of para-hydroxylation sites is 1. The Morgan fingerprint density at radius 2 is 2.19 bits per heavy atom. The molecule has 0 bridgehead atoms. The lowest BCUT2D eigenvalue weighted by molar-refractivity contribution is -0.139. The molecule has 1 heterocycles. The molecule has 0 fully saturated rings. The lowest BCUT2D eigenvalue weighted by Gasteiger charge is -2.11. The van der Waals surface area contributed by atoms with Crippen LogP contribution in [0.2, 0.25) is 0 Å². The summed E-state index contributed by atoms with van der Waals surface area (Å²) in [6.45, 7) is 0. The average molecular weight is 219 g/mol. The smallest absolute Gasteiger partial charge is 0.306 e. The Labute approximate surface area is 92.7 Å². The second kappa shape index (κ2) is 3.98. The topological polar surface area (TPSA) is 62.5 Å². The number of hydrogen-bond acceptors (Lipinski definition) is 2. The normalized spacial score (nSPS) is 12.9. The van der Waals surface area contributed by atoms with Crippen LogP contribution in [0.1, 0.15) is 18.1 Å². The minimum atomic E-state index is -1.00. The van der Waals surface area contributed by atoms with Gasteiger partial charge in [0.1, 0.15) is 0 Å². The third-order valence-electron chi connectivity index (χ3n) is 2.66. The van der Waals surface area contributed by atoms with Crippen LogP contribution in [-0.2, 0) is 11.8 Å². The lowest BCUT2D eigenvalue weighted by Crippen LogP contribution is -2.06. The van der Waals surface area contributed by atoms with E-state index in [1.807, 2.05) is 36.0 Å². The van der Waals surface area contributed by atoms with Gasteiger partial charge in [0.05, 0.1) is 18.0 Å². The van der Waals surface area contributed by atoms with Crippen LogP contribution in [0.15, 0.2) is 30.5 Å². The number of rotatable bonds is 3. The van der Waals surface area contributed by atoms with Gasteiger partial charge in [-0.1, -0.05) is 18.2 Å². The van der Waals surface area contributed by atoms with E-state index in [1.54, 1.807) is 6.07 Å². The van der Waals surface area contributed by atoms with Gasteiger partial charge in [0.25, 0.3) is 0 Å². The van der Waals surface area contributed by atoms with Crippen molar-refractivity contribution in [1.29, 1.82) is 0 Å². The number of carbonyl (C=O) groups is 1. The number of aliphatic hydroxyl groups is 1. The molecule has 2 aromatic rings. The molecule has 0 amide bonds. The highest BCUT2D eigenvalue weighted by molar-refractivity contribution is 5.84. The minimum Gasteiger partial charge on any atom is -0.481 e. The highest BCUT2D eigenvalue weighted by atomic mass is 16.4. The SMILES string of the molecule is Cn1ccc2cccc([C@H](O)CC(=O)O)c21. The van der Waals surface area contributed by atoms with Crippen molar-refractivity contribution in [3.63, 3.8) is 0 Å². The van der Waals surface area contributed by atoms with Gasteiger partial charge in [-0.05, 0) is 11.5 Å². The molecule has 2 N–H and O–H groups in total. The first-order valence-corrected chi connectivity index (χ1v) is 5.03. The number of fused-ring (bicyclic) bond motifs is 1. The maximum absolute atomic E-state index is 10.6. The molecule has 0 saturated heterocycles. The average Bonchev–Trinajstić information content (AvgIpc) is 2.59. The van der Waals surface area contributed by atoms with E-state index in [1.165, 1.54) is 0 Å². The predicted octanol–water partition coefficient (Wildman–Crippen LogP) is 1.69. The summed E-state index contributed by atoms with van der Waals surface area (Å²) in [5.41, 5.74) is 1.55. The Bertz CT molecular complexity index is 530. The Morgan fingerprint density at radius 3 is 2.88 bits per heavy atom. The molecule has 1 aromatic carbocycles. The molecule has 4 nitrogen and oxygen atoms in total. The zero-order valence-electron chi connectivity index (χ0n) is 8.92. The van der Waals surface area contributed by atoms with Crippen molar-refractivity contribution < 1.29 is 15.0 Å². The van der Waals surface area contributed by atoms with E-state index >= 15 is 0 Å². The van der Waals surface area contributed by atoms with Crippen LogP contribution in [0.4, 0.5) is 0 Å². The molecule has 0 aliphatic heterocycles. The molecule has 0 saturated carbocycles. The first-order valence-electron chi connectivity index (χ1n) is 5.03. The van der Waals surface area contributed by atoms with Crippen molar-refractivity contribution in [3.05, 3.63) is 36.0 Å². The molecule has 0 unspecified atom stereocenters. The van der Waals surface area contributed by atoms with Gasteiger partial charge in [0.2, 0.25) is 0 Å². The van der Waals surface area contributed by atoms with E-state index in [4.69, 9.17) is 5.11 Å². The number of aryl methyl sites for hydroxylation is 1. The summed E-state index contributed by atoms with van der Waals surface area (Å²) in [7, 11) is 1.87. The van der Waals surface area contributed by atoms with Gasteiger partial charge in [-0.3, -0.25) is 4.79 Å². The fraction of sp³-hybridized carbons (Fsp3) is 0.250. The highest BCUT2D eigenvalue weighted by Gasteiger charge is 2.16. The van der Waals surface area contributed by atoms with E-state index < -0.39 is 12.1 Å². The number of benzene rings is 1. The number of aliphatic hydroxyl groups excluding tert-OH is 1. The molecule has 84 valence electrons. The fourth-order valence-electron chi connectivity index (χ4n) is 1.93. The summed E-state index contributed by atoms with van der Waals surface area (Å²) in [6, 6.07) is 7.46. The summed E-state index contributed by atoms with van der Waals surface area (Å²) in [4.78, 5) is 10.6. The summed E-state index contributed by atoms with van der Waals surface area (Å²) < 4.78 is 1.88. The number of aromatic nitrogens is 1. The van der Waals surface area contributed by atoms with Crippen LogP contribution >= 0.6 is 0 Å². The number of aliphatic carboxylic acids is 1. The van der Waals surface area contributed by atoms with Gasteiger partial charge < -0.3 is 14.8 Å². The van der Waals surface area contributed by atoms with E-state index in [0.29, 0.717) is 5.56 Å². The quantitative estimate of drug-likeness (QED) is 0.825.